The average molecular weight is 628 g/mol. The van der Waals surface area contributed by atoms with Crippen molar-refractivity contribution in [3.05, 3.63) is 176 Å². The molecule has 9 aromatic rings. The third-order valence-corrected chi connectivity index (χ3v) is 9.67. The van der Waals surface area contributed by atoms with E-state index in [0.717, 1.165) is 72.6 Å². The number of hydrogen-bond acceptors (Lipinski definition) is 3. The smallest absolute Gasteiger partial charge is 0.137 e. The number of para-hydroxylation sites is 2. The summed E-state index contributed by atoms with van der Waals surface area (Å²) in [6.45, 7) is 0. The highest BCUT2D eigenvalue weighted by atomic mass is 16.5. The van der Waals surface area contributed by atoms with Gasteiger partial charge in [-0.25, -0.2) is 0 Å². The molecule has 0 fully saturated rings. The summed E-state index contributed by atoms with van der Waals surface area (Å²) >= 11 is 0. The van der Waals surface area contributed by atoms with Crippen molar-refractivity contribution in [2.24, 2.45) is 0 Å². The number of furan rings is 1. The lowest BCUT2D eigenvalue weighted by molar-refractivity contribution is 0.487. The molecule has 230 valence electrons. The number of rotatable bonds is 5. The maximum absolute atomic E-state index is 6.60. The molecule has 3 heteroatoms. The molecule has 1 aliphatic heterocycles. The van der Waals surface area contributed by atoms with Crippen LogP contribution in [-0.4, -0.2) is 0 Å². The molecule has 0 aliphatic carbocycles. The van der Waals surface area contributed by atoms with Gasteiger partial charge < -0.3 is 14.1 Å². The van der Waals surface area contributed by atoms with Crippen molar-refractivity contribution in [2.75, 3.05) is 4.90 Å². The van der Waals surface area contributed by atoms with Gasteiger partial charge in [-0.1, -0.05) is 115 Å². The lowest BCUT2D eigenvalue weighted by Crippen LogP contribution is -2.10. The first-order chi connectivity index (χ1) is 24.3. The number of fused-ring (bicyclic) bond motifs is 5. The van der Waals surface area contributed by atoms with Gasteiger partial charge in [0.2, 0.25) is 0 Å². The molecule has 8 aromatic carbocycles. The van der Waals surface area contributed by atoms with Crippen molar-refractivity contribution < 1.29 is 9.15 Å². The molecule has 0 amide bonds. The number of benzene rings is 8. The Labute approximate surface area is 283 Å². The molecule has 49 heavy (non-hydrogen) atoms. The normalized spacial score (nSPS) is 11.8. The fraction of sp³-hybridized carbons (Fsp3) is 0. The lowest BCUT2D eigenvalue weighted by Gasteiger charge is -2.26. The Bertz CT molecular complexity index is 2670. The zero-order valence-electron chi connectivity index (χ0n) is 26.5. The van der Waals surface area contributed by atoms with E-state index in [0.29, 0.717) is 0 Å². The van der Waals surface area contributed by atoms with Gasteiger partial charge in [-0.3, -0.25) is 0 Å². The molecule has 0 radical (unpaired) electrons. The summed E-state index contributed by atoms with van der Waals surface area (Å²) in [5, 5.41) is 4.53. The van der Waals surface area contributed by atoms with Crippen LogP contribution in [0.1, 0.15) is 0 Å². The van der Waals surface area contributed by atoms with E-state index in [-0.39, 0.29) is 0 Å². The minimum atomic E-state index is 0.875. The summed E-state index contributed by atoms with van der Waals surface area (Å²) in [5.41, 5.74) is 12.0. The van der Waals surface area contributed by atoms with E-state index in [9.17, 15) is 0 Å². The Kier molecular flexibility index (Phi) is 6.18. The minimum Gasteiger partial charge on any atom is -0.456 e. The fourth-order valence-corrected chi connectivity index (χ4v) is 7.43. The van der Waals surface area contributed by atoms with Gasteiger partial charge in [0.1, 0.15) is 22.7 Å². The van der Waals surface area contributed by atoms with Crippen LogP contribution in [0.2, 0.25) is 0 Å². The second-order valence-electron chi connectivity index (χ2n) is 12.5. The first-order valence-corrected chi connectivity index (χ1v) is 16.6. The molecule has 3 nitrogen and oxygen atoms in total. The SMILES string of the molecule is c1ccc(-c2ccc3c(c2)Oc2ccc(-c4ccc(N(c5ccccc5)c5cccc6oc7ccccc7c56)cc4)c4cccc-3c24)cc1. The molecule has 0 atom stereocenters. The molecule has 0 saturated carbocycles. The fourth-order valence-electron chi connectivity index (χ4n) is 7.43. The summed E-state index contributed by atoms with van der Waals surface area (Å²) in [7, 11) is 0. The highest BCUT2D eigenvalue weighted by Crippen LogP contribution is 2.50. The molecule has 2 heterocycles. The summed E-state index contributed by atoms with van der Waals surface area (Å²) in [6.07, 6.45) is 0. The third kappa shape index (κ3) is 4.44. The molecule has 1 aromatic heterocycles. The lowest BCUT2D eigenvalue weighted by atomic mass is 9.89. The van der Waals surface area contributed by atoms with E-state index in [1.165, 1.54) is 22.1 Å². The summed E-state index contributed by atoms with van der Waals surface area (Å²) in [4.78, 5) is 2.32. The topological polar surface area (TPSA) is 25.6 Å². The van der Waals surface area contributed by atoms with Crippen LogP contribution >= 0.6 is 0 Å². The van der Waals surface area contributed by atoms with Gasteiger partial charge >= 0.3 is 0 Å². The summed E-state index contributed by atoms with van der Waals surface area (Å²) in [6, 6.07) is 61.9. The van der Waals surface area contributed by atoms with Crippen molar-refractivity contribution in [1.82, 2.24) is 0 Å². The van der Waals surface area contributed by atoms with Crippen molar-refractivity contribution in [1.29, 1.82) is 0 Å². The molecule has 0 saturated heterocycles. The van der Waals surface area contributed by atoms with Crippen LogP contribution in [0.15, 0.2) is 180 Å². The molecule has 0 spiro atoms. The third-order valence-electron chi connectivity index (χ3n) is 9.67. The maximum Gasteiger partial charge on any atom is 0.137 e. The summed E-state index contributed by atoms with van der Waals surface area (Å²) in [5.74, 6) is 1.78. The van der Waals surface area contributed by atoms with E-state index in [1.807, 2.05) is 24.3 Å². The largest absolute Gasteiger partial charge is 0.456 e. The quantitative estimate of drug-likeness (QED) is 0.190. The van der Waals surface area contributed by atoms with Crippen molar-refractivity contribution in [3.63, 3.8) is 0 Å². The van der Waals surface area contributed by atoms with E-state index in [2.05, 4.69) is 157 Å². The van der Waals surface area contributed by atoms with Gasteiger partial charge in [-0.2, -0.15) is 0 Å². The van der Waals surface area contributed by atoms with Gasteiger partial charge in [0, 0.05) is 27.7 Å². The first kappa shape index (κ1) is 27.5. The zero-order chi connectivity index (χ0) is 32.3. The first-order valence-electron chi connectivity index (χ1n) is 16.6. The minimum absolute atomic E-state index is 0.875. The Morgan fingerprint density at radius 1 is 0.367 bits per heavy atom. The molecular formula is C46H29NO2. The van der Waals surface area contributed by atoms with Gasteiger partial charge in [-0.05, 0) is 93.9 Å². The number of anilines is 3. The van der Waals surface area contributed by atoms with Crippen LogP contribution in [0.3, 0.4) is 0 Å². The van der Waals surface area contributed by atoms with Crippen LogP contribution < -0.4 is 9.64 Å². The maximum atomic E-state index is 6.60. The van der Waals surface area contributed by atoms with Gasteiger partial charge in [0.25, 0.3) is 0 Å². The van der Waals surface area contributed by atoms with Crippen molar-refractivity contribution >= 4 is 49.8 Å². The second kappa shape index (κ2) is 11.0. The predicted molar refractivity (Wildman–Crippen MR) is 202 cm³/mol. The van der Waals surface area contributed by atoms with E-state index >= 15 is 0 Å². The Hall–Kier alpha value is -6.58. The highest BCUT2D eigenvalue weighted by molar-refractivity contribution is 6.13. The zero-order valence-corrected chi connectivity index (χ0v) is 26.5. The van der Waals surface area contributed by atoms with E-state index < -0.39 is 0 Å². The van der Waals surface area contributed by atoms with Crippen LogP contribution in [0.25, 0.3) is 66.1 Å². The average Bonchev–Trinajstić information content (AvgIpc) is 3.56. The molecule has 0 N–H and O–H groups in total. The van der Waals surface area contributed by atoms with Crippen LogP contribution in [0.5, 0.6) is 11.5 Å². The summed E-state index contributed by atoms with van der Waals surface area (Å²) < 4.78 is 12.9. The second-order valence-corrected chi connectivity index (χ2v) is 12.5. The van der Waals surface area contributed by atoms with Gasteiger partial charge in [0.15, 0.2) is 0 Å². The monoisotopic (exact) mass is 627 g/mol. The van der Waals surface area contributed by atoms with Crippen molar-refractivity contribution in [2.45, 2.75) is 0 Å². The van der Waals surface area contributed by atoms with Gasteiger partial charge in [-0.15, -0.1) is 0 Å². The van der Waals surface area contributed by atoms with Gasteiger partial charge in [0.05, 0.1) is 11.1 Å². The molecular weight excluding hydrogens is 599 g/mol. The molecule has 0 unspecified atom stereocenters. The molecule has 1 aliphatic rings. The number of nitrogens with zero attached hydrogens (tertiary/aromatic N) is 1. The predicted octanol–water partition coefficient (Wildman–Crippen LogP) is 13.3. The van der Waals surface area contributed by atoms with E-state index in [4.69, 9.17) is 9.15 Å². The highest BCUT2D eigenvalue weighted by Gasteiger charge is 2.23. The molecule has 0 bridgehead atoms. The molecule has 10 rings (SSSR count). The van der Waals surface area contributed by atoms with Crippen LogP contribution in [0.4, 0.5) is 17.1 Å². The van der Waals surface area contributed by atoms with Crippen molar-refractivity contribution in [3.8, 4) is 44.9 Å². The van der Waals surface area contributed by atoms with Crippen LogP contribution in [0, 0.1) is 0 Å². The standard InChI is InChI=1S/C46H29NO2/c1-3-11-30(12-4-1)32-23-26-36-38-17-9-16-37-35(27-28-43(45(37)38)49-44(36)29-32)31-21-24-34(25-22-31)47(33-13-5-2-6-14-33)40-18-10-20-42-46(40)39-15-7-8-19-41(39)48-42/h1-29H. The number of ether oxygens (including phenoxy) is 1. The Morgan fingerprint density at radius 3 is 1.90 bits per heavy atom. The van der Waals surface area contributed by atoms with E-state index in [1.54, 1.807) is 0 Å². The Morgan fingerprint density at radius 2 is 1.04 bits per heavy atom. The Balaban J connectivity index is 1.08. The number of hydrogen-bond donors (Lipinski definition) is 0. The van der Waals surface area contributed by atoms with Crippen LogP contribution in [-0.2, 0) is 0 Å².